The summed E-state index contributed by atoms with van der Waals surface area (Å²) in [5.41, 5.74) is 6.07. The van der Waals surface area contributed by atoms with Crippen molar-refractivity contribution in [2.45, 2.75) is 122 Å². The summed E-state index contributed by atoms with van der Waals surface area (Å²) in [5, 5.41) is 36.6. The smallest absolute Gasteiger partial charge is 0.438 e. The fraction of sp³-hybridized carbons (Fsp3) is 0.846. The third-order valence-electron chi connectivity index (χ3n) is 6.69. The lowest BCUT2D eigenvalue weighted by Crippen LogP contribution is -2.58. The van der Waals surface area contributed by atoms with E-state index in [9.17, 15) is 29.4 Å². The minimum absolute atomic E-state index is 0.0549. The van der Waals surface area contributed by atoms with Crippen LogP contribution in [0.25, 0.3) is 0 Å². The van der Waals surface area contributed by atoms with Crippen LogP contribution in [0.1, 0.15) is 122 Å². The highest BCUT2D eigenvalue weighted by molar-refractivity contribution is 5.70. The van der Waals surface area contributed by atoms with Crippen molar-refractivity contribution in [1.29, 1.82) is 0 Å². The van der Waals surface area contributed by atoms with E-state index in [4.69, 9.17) is 10.2 Å². The number of carboxylic acid groups (broad SMARTS) is 4. The number of carboxylic acids is 2. The number of carbonyl (C=O) groups is 4. The van der Waals surface area contributed by atoms with Gasteiger partial charge < -0.3 is 20.4 Å². The Morgan fingerprint density at radius 1 is 0.605 bits per heavy atom. The van der Waals surface area contributed by atoms with Crippen LogP contribution in [-0.2, 0) is 9.59 Å². The second-order valence-corrected chi connectivity index (χ2v) is 9.89. The average molecular weight is 547 g/mol. The topological polar surface area (TPSA) is 189 Å². The molecule has 0 saturated carbocycles. The van der Waals surface area contributed by atoms with Crippen LogP contribution in [0.4, 0.5) is 9.59 Å². The molecule has 0 heterocycles. The largest absolute Gasteiger partial charge is 0.481 e. The van der Waals surface area contributed by atoms with Gasteiger partial charge in [0, 0.05) is 6.54 Å². The van der Waals surface area contributed by atoms with E-state index in [2.05, 4.69) is 12.3 Å². The minimum atomic E-state index is -1.46. The van der Waals surface area contributed by atoms with Crippen LogP contribution in [-0.4, -0.2) is 56.2 Å². The summed E-state index contributed by atoms with van der Waals surface area (Å²) < 4.78 is 0. The highest BCUT2D eigenvalue weighted by Crippen LogP contribution is 2.19. The molecule has 0 aliphatic carbocycles. The highest BCUT2D eigenvalue weighted by Gasteiger charge is 2.19. The molecule has 0 rings (SSSR count). The number of hydrogen-bond donors (Lipinski definition) is 7. The van der Waals surface area contributed by atoms with Crippen molar-refractivity contribution in [1.82, 2.24) is 21.5 Å². The van der Waals surface area contributed by atoms with Gasteiger partial charge in [-0.1, -0.05) is 96.8 Å². The van der Waals surface area contributed by atoms with E-state index >= 15 is 0 Å². The first-order valence-corrected chi connectivity index (χ1v) is 14.2. The molecular formula is C26H50N4O8. The van der Waals surface area contributed by atoms with Crippen molar-refractivity contribution in [3.8, 4) is 0 Å². The van der Waals surface area contributed by atoms with E-state index < -0.39 is 30.0 Å². The van der Waals surface area contributed by atoms with Gasteiger partial charge in [0.1, 0.15) is 0 Å². The molecule has 0 bridgehead atoms. The summed E-state index contributed by atoms with van der Waals surface area (Å²) in [6, 6.07) is 0. The molecule has 12 nitrogen and oxygen atoms in total. The van der Waals surface area contributed by atoms with Crippen LogP contribution in [0.15, 0.2) is 0 Å². The molecule has 38 heavy (non-hydrogen) atoms. The summed E-state index contributed by atoms with van der Waals surface area (Å²) >= 11 is 0. The Kier molecular flexibility index (Phi) is 21.9. The van der Waals surface area contributed by atoms with Gasteiger partial charge in [-0.3, -0.25) is 9.59 Å². The molecule has 0 aromatic heterocycles. The van der Waals surface area contributed by atoms with E-state index in [0.29, 0.717) is 11.5 Å². The predicted octanol–water partition coefficient (Wildman–Crippen LogP) is 5.60. The molecule has 0 spiro atoms. The van der Waals surface area contributed by atoms with Crippen LogP contribution in [0.2, 0.25) is 0 Å². The first-order valence-electron chi connectivity index (χ1n) is 14.2. The zero-order chi connectivity index (χ0) is 28.6. The number of nitrogens with one attached hydrogen (secondary N) is 3. The summed E-state index contributed by atoms with van der Waals surface area (Å²) in [5.74, 6) is -2.35. The van der Waals surface area contributed by atoms with Crippen LogP contribution in [0.5, 0.6) is 0 Å². The van der Waals surface area contributed by atoms with Crippen molar-refractivity contribution in [2.75, 3.05) is 6.54 Å². The Hall–Kier alpha value is -2.60. The maximum Gasteiger partial charge on any atom is 0.438 e. The van der Waals surface area contributed by atoms with E-state index in [1.54, 1.807) is 5.43 Å². The highest BCUT2D eigenvalue weighted by atomic mass is 16.4. The van der Waals surface area contributed by atoms with Gasteiger partial charge in [-0.2, -0.15) is 5.12 Å². The first-order chi connectivity index (χ1) is 18.2. The SMILES string of the molecule is CCCCC(CCCCCCCCCCCCCCC(CCNN(NNC(=O)O)C(=O)O)C(=O)O)C(=O)O. The molecule has 0 radical (unpaired) electrons. The van der Waals surface area contributed by atoms with Gasteiger partial charge in [-0.25, -0.2) is 20.4 Å². The average Bonchev–Trinajstić information content (AvgIpc) is 2.85. The summed E-state index contributed by atoms with van der Waals surface area (Å²) in [4.78, 5) is 44.2. The molecule has 2 atom stereocenters. The molecule has 0 aromatic rings. The van der Waals surface area contributed by atoms with Gasteiger partial charge in [0.2, 0.25) is 0 Å². The van der Waals surface area contributed by atoms with Crippen molar-refractivity contribution >= 4 is 24.1 Å². The number of unbranched alkanes of at least 4 members (excludes halogenated alkanes) is 12. The zero-order valence-corrected chi connectivity index (χ0v) is 23.0. The van der Waals surface area contributed by atoms with Crippen LogP contribution >= 0.6 is 0 Å². The van der Waals surface area contributed by atoms with E-state index in [1.165, 1.54) is 38.5 Å². The van der Waals surface area contributed by atoms with E-state index in [-0.39, 0.29) is 18.9 Å². The Morgan fingerprint density at radius 2 is 1.00 bits per heavy atom. The lowest BCUT2D eigenvalue weighted by molar-refractivity contribution is -0.143. The van der Waals surface area contributed by atoms with Crippen LogP contribution < -0.4 is 16.4 Å². The van der Waals surface area contributed by atoms with Crippen molar-refractivity contribution < 1.29 is 39.6 Å². The number of hydrogen-bond acceptors (Lipinski definition) is 6. The molecule has 12 heteroatoms. The van der Waals surface area contributed by atoms with Gasteiger partial charge in [0.15, 0.2) is 0 Å². The van der Waals surface area contributed by atoms with Crippen LogP contribution in [0, 0.1) is 11.8 Å². The molecule has 0 aliphatic rings. The lowest BCUT2D eigenvalue weighted by Gasteiger charge is -2.21. The second-order valence-electron chi connectivity index (χ2n) is 9.89. The van der Waals surface area contributed by atoms with Crippen molar-refractivity contribution in [2.24, 2.45) is 11.8 Å². The number of amides is 2. The summed E-state index contributed by atoms with van der Waals surface area (Å²) in [6.45, 7) is 2.14. The Bertz CT molecular complexity index is 665. The number of nitrogens with zero attached hydrogens (tertiary/aromatic N) is 1. The molecule has 0 fully saturated rings. The minimum Gasteiger partial charge on any atom is -0.481 e. The van der Waals surface area contributed by atoms with Gasteiger partial charge in [-0.05, 0) is 25.7 Å². The molecule has 2 amide bonds. The van der Waals surface area contributed by atoms with Gasteiger partial charge in [-0.15, -0.1) is 5.53 Å². The van der Waals surface area contributed by atoms with Crippen molar-refractivity contribution in [3.05, 3.63) is 0 Å². The summed E-state index contributed by atoms with van der Waals surface area (Å²) in [6.07, 6.45) is 14.7. The molecule has 2 unspecified atom stereocenters. The van der Waals surface area contributed by atoms with Crippen molar-refractivity contribution in [3.63, 3.8) is 0 Å². The standard InChI is InChI=1S/C26H50N4O8/c1-2-3-16-21(23(31)32)17-14-12-10-8-6-4-5-7-9-11-13-15-18-22(24(33)34)19-20-27-30(26(37)38)29-28-25(35)36/h21-22,27-29H,2-20H2,1H3,(H,31,32)(H,33,34)(H,35,36)(H,37,38). The van der Waals surface area contributed by atoms with E-state index in [1.807, 2.05) is 5.53 Å². The quantitative estimate of drug-likeness (QED) is 0.0531. The Morgan fingerprint density at radius 3 is 1.37 bits per heavy atom. The number of aliphatic carboxylic acids is 2. The van der Waals surface area contributed by atoms with Gasteiger partial charge in [0.25, 0.3) is 0 Å². The molecule has 0 aliphatic heterocycles. The molecule has 7 N–H and O–H groups in total. The van der Waals surface area contributed by atoms with Gasteiger partial charge in [0.05, 0.1) is 11.8 Å². The lowest BCUT2D eigenvalue weighted by atomic mass is 9.95. The fourth-order valence-corrected chi connectivity index (χ4v) is 4.39. The monoisotopic (exact) mass is 546 g/mol. The molecular weight excluding hydrogens is 496 g/mol. The number of hydrazine groups is 3. The van der Waals surface area contributed by atoms with Crippen LogP contribution in [0.3, 0.4) is 0 Å². The summed E-state index contributed by atoms with van der Waals surface area (Å²) in [7, 11) is 0. The molecule has 222 valence electrons. The van der Waals surface area contributed by atoms with Gasteiger partial charge >= 0.3 is 24.1 Å². The fourth-order valence-electron chi connectivity index (χ4n) is 4.39. The molecule has 0 saturated heterocycles. The third kappa shape index (κ3) is 20.5. The normalized spacial score (nSPS) is 12.6. The maximum absolute atomic E-state index is 11.5. The Labute approximate surface area is 226 Å². The van der Waals surface area contributed by atoms with E-state index in [0.717, 1.165) is 64.2 Å². The maximum atomic E-state index is 11.5. The molecule has 0 aromatic carbocycles. The predicted molar refractivity (Wildman–Crippen MR) is 143 cm³/mol. The third-order valence-corrected chi connectivity index (χ3v) is 6.69. The number of rotatable bonds is 26. The zero-order valence-electron chi connectivity index (χ0n) is 23.0. The first kappa shape index (κ1) is 35.4. The Balaban J connectivity index is 3.74. The second kappa shape index (κ2) is 23.5.